The molecule has 1 heterocycles. The van der Waals surface area contributed by atoms with Crippen LogP contribution in [0.3, 0.4) is 0 Å². The Balaban J connectivity index is 2.04. The number of nitrogens with zero attached hydrogens (tertiary/aromatic N) is 1. The van der Waals surface area contributed by atoms with Crippen molar-refractivity contribution in [2.24, 2.45) is 0 Å². The van der Waals surface area contributed by atoms with Crippen LogP contribution in [0.25, 0.3) is 28.2 Å². The predicted molar refractivity (Wildman–Crippen MR) is 92.3 cm³/mol. The summed E-state index contributed by atoms with van der Waals surface area (Å²) in [5.41, 5.74) is 6.07. The van der Waals surface area contributed by atoms with E-state index in [0.29, 0.717) is 0 Å². The number of hydrogen-bond donors (Lipinski definition) is 0. The third-order valence-electron chi connectivity index (χ3n) is 3.59. The van der Waals surface area contributed by atoms with Gasteiger partial charge in [-0.3, -0.25) is 0 Å². The van der Waals surface area contributed by atoms with E-state index in [1.807, 2.05) is 13.0 Å². The zero-order chi connectivity index (χ0) is 14.8. The fourth-order valence-electron chi connectivity index (χ4n) is 2.51. The third-order valence-corrected chi connectivity index (χ3v) is 3.59. The van der Waals surface area contributed by atoms with Gasteiger partial charge in [0.05, 0.1) is 5.52 Å². The van der Waals surface area contributed by atoms with Crippen LogP contribution < -0.4 is 0 Å². The molecule has 104 valence electrons. The average Bonchev–Trinajstić information content (AvgIpc) is 2.87. The van der Waals surface area contributed by atoms with E-state index in [1.54, 1.807) is 0 Å². The highest BCUT2D eigenvalue weighted by atomic mass is 14.9. The van der Waals surface area contributed by atoms with E-state index in [-0.39, 0.29) is 0 Å². The lowest BCUT2D eigenvalue weighted by atomic mass is 10.0. The van der Waals surface area contributed by atoms with Gasteiger partial charge in [-0.05, 0) is 49.2 Å². The molecule has 1 nitrogen and oxygen atoms in total. The van der Waals surface area contributed by atoms with Crippen LogP contribution in [0.4, 0.5) is 0 Å². The van der Waals surface area contributed by atoms with Gasteiger partial charge in [0.1, 0.15) is 0 Å². The van der Waals surface area contributed by atoms with Crippen molar-refractivity contribution in [3.8, 4) is 11.1 Å². The molecule has 0 aliphatic heterocycles. The van der Waals surface area contributed by atoms with Crippen LogP contribution in [0, 0.1) is 6.92 Å². The number of allylic oxidation sites excluding steroid dienone is 2. The van der Waals surface area contributed by atoms with E-state index < -0.39 is 0 Å². The molecular weight excluding hydrogens is 254 g/mol. The molecule has 1 aromatic heterocycles. The molecule has 0 aliphatic rings. The Labute approximate surface area is 125 Å². The second kappa shape index (κ2) is 5.45. The fraction of sp³-hybridized carbons (Fsp3) is 0.100. The summed E-state index contributed by atoms with van der Waals surface area (Å²) in [5, 5.41) is 1.25. The largest absolute Gasteiger partial charge is 0.323 e. The topological polar surface area (TPSA) is 4.93 Å². The summed E-state index contributed by atoms with van der Waals surface area (Å²) >= 11 is 0. The Morgan fingerprint density at radius 1 is 1.05 bits per heavy atom. The number of rotatable bonds is 3. The van der Waals surface area contributed by atoms with E-state index in [2.05, 4.69) is 79.0 Å². The predicted octanol–water partition coefficient (Wildman–Crippen LogP) is 5.66. The molecule has 2 aromatic carbocycles. The first-order valence-corrected chi connectivity index (χ1v) is 7.15. The Hall–Kier alpha value is -2.54. The molecule has 0 aliphatic carbocycles. The van der Waals surface area contributed by atoms with E-state index >= 15 is 0 Å². The van der Waals surface area contributed by atoms with Crippen molar-refractivity contribution in [3.63, 3.8) is 0 Å². The Bertz CT molecular complexity index is 834. The highest BCUT2D eigenvalue weighted by Crippen LogP contribution is 2.26. The number of aryl methyl sites for hydroxylation is 1. The maximum Gasteiger partial charge on any atom is 0.0522 e. The van der Waals surface area contributed by atoms with Gasteiger partial charge >= 0.3 is 0 Å². The number of aromatic nitrogens is 1. The fourth-order valence-corrected chi connectivity index (χ4v) is 2.51. The monoisotopic (exact) mass is 273 g/mol. The molecule has 3 aromatic rings. The highest BCUT2D eigenvalue weighted by molar-refractivity contribution is 5.87. The first kappa shape index (κ1) is 13.4. The number of fused-ring (bicyclic) bond motifs is 1. The minimum Gasteiger partial charge on any atom is -0.323 e. The lowest BCUT2D eigenvalue weighted by molar-refractivity contribution is 1.22. The molecule has 1 heteroatoms. The smallest absolute Gasteiger partial charge is 0.0522 e. The van der Waals surface area contributed by atoms with Gasteiger partial charge in [0, 0.05) is 17.8 Å². The summed E-state index contributed by atoms with van der Waals surface area (Å²) in [6, 6.07) is 17.4. The molecule has 0 bridgehead atoms. The van der Waals surface area contributed by atoms with Crippen LogP contribution >= 0.6 is 0 Å². The zero-order valence-electron chi connectivity index (χ0n) is 12.5. The normalized spacial score (nSPS) is 11.3. The molecule has 0 radical (unpaired) electrons. The second-order valence-electron chi connectivity index (χ2n) is 5.53. The van der Waals surface area contributed by atoms with Gasteiger partial charge in [0.15, 0.2) is 0 Å². The minimum atomic E-state index is 1.05. The molecule has 0 amide bonds. The first-order chi connectivity index (χ1) is 10.1. The second-order valence-corrected chi connectivity index (χ2v) is 5.53. The van der Waals surface area contributed by atoms with E-state index in [1.165, 1.54) is 27.6 Å². The molecule has 0 saturated carbocycles. The summed E-state index contributed by atoms with van der Waals surface area (Å²) < 4.78 is 2.13. The van der Waals surface area contributed by atoms with E-state index in [0.717, 1.165) is 5.57 Å². The maximum absolute atomic E-state index is 3.90. The van der Waals surface area contributed by atoms with Gasteiger partial charge in [-0.25, -0.2) is 0 Å². The van der Waals surface area contributed by atoms with E-state index in [4.69, 9.17) is 0 Å². The van der Waals surface area contributed by atoms with Gasteiger partial charge in [-0.15, -0.1) is 0 Å². The van der Waals surface area contributed by atoms with Crippen LogP contribution in [-0.4, -0.2) is 4.57 Å². The highest BCUT2D eigenvalue weighted by Gasteiger charge is 2.02. The van der Waals surface area contributed by atoms with Crippen LogP contribution in [0.2, 0.25) is 0 Å². The Morgan fingerprint density at radius 3 is 2.62 bits per heavy atom. The summed E-state index contributed by atoms with van der Waals surface area (Å²) in [5.74, 6) is 0. The summed E-state index contributed by atoms with van der Waals surface area (Å²) in [4.78, 5) is 0. The molecule has 3 rings (SSSR count). The molecule has 0 atom stereocenters. The molecule has 0 unspecified atom stereocenters. The van der Waals surface area contributed by atoms with Crippen LogP contribution in [-0.2, 0) is 0 Å². The van der Waals surface area contributed by atoms with E-state index in [9.17, 15) is 0 Å². The quantitative estimate of drug-likeness (QED) is 0.542. The zero-order valence-corrected chi connectivity index (χ0v) is 12.5. The molecule has 0 saturated heterocycles. The van der Waals surface area contributed by atoms with Gasteiger partial charge in [0.2, 0.25) is 0 Å². The Kier molecular flexibility index (Phi) is 3.49. The van der Waals surface area contributed by atoms with Crippen LogP contribution in [0.15, 0.2) is 73.0 Å². The lowest BCUT2D eigenvalue weighted by Gasteiger charge is -2.04. The maximum atomic E-state index is 3.90. The van der Waals surface area contributed by atoms with Crippen molar-refractivity contribution in [2.45, 2.75) is 13.8 Å². The molecule has 0 fully saturated rings. The summed E-state index contributed by atoms with van der Waals surface area (Å²) in [6.45, 7) is 8.02. The van der Waals surface area contributed by atoms with Crippen LogP contribution in [0.1, 0.15) is 12.5 Å². The number of hydrogen-bond acceptors (Lipinski definition) is 0. The molecular formula is C20H19N. The third kappa shape index (κ3) is 2.82. The minimum absolute atomic E-state index is 1.05. The van der Waals surface area contributed by atoms with Gasteiger partial charge < -0.3 is 4.57 Å². The molecule has 21 heavy (non-hydrogen) atoms. The van der Waals surface area contributed by atoms with Gasteiger partial charge in [-0.2, -0.15) is 0 Å². The van der Waals surface area contributed by atoms with Gasteiger partial charge in [0.25, 0.3) is 0 Å². The van der Waals surface area contributed by atoms with Crippen molar-refractivity contribution in [1.82, 2.24) is 4.57 Å². The average molecular weight is 273 g/mol. The van der Waals surface area contributed by atoms with Crippen molar-refractivity contribution >= 4 is 17.1 Å². The standard InChI is InChI=1S/C20H19N/c1-15(2)9-11-21-12-10-19-14-18(7-8-20(19)21)17-6-4-5-16(3)13-17/h4-14H,1H2,2-3H3. The van der Waals surface area contributed by atoms with Crippen molar-refractivity contribution in [3.05, 3.63) is 78.5 Å². The molecule has 0 spiro atoms. The SMILES string of the molecule is C=C(C)C=Cn1ccc2cc(-c3cccc(C)c3)ccc21. The molecule has 0 N–H and O–H groups in total. The summed E-state index contributed by atoms with van der Waals surface area (Å²) in [7, 11) is 0. The number of benzene rings is 2. The first-order valence-electron chi connectivity index (χ1n) is 7.15. The summed E-state index contributed by atoms with van der Waals surface area (Å²) in [6.07, 6.45) is 6.16. The Morgan fingerprint density at radius 2 is 1.86 bits per heavy atom. The van der Waals surface area contributed by atoms with Crippen molar-refractivity contribution in [2.75, 3.05) is 0 Å². The van der Waals surface area contributed by atoms with Crippen molar-refractivity contribution in [1.29, 1.82) is 0 Å². The van der Waals surface area contributed by atoms with Crippen LogP contribution in [0.5, 0.6) is 0 Å². The lowest BCUT2D eigenvalue weighted by Crippen LogP contribution is -1.84. The van der Waals surface area contributed by atoms with Gasteiger partial charge in [-0.1, -0.05) is 48.0 Å². The van der Waals surface area contributed by atoms with Crippen molar-refractivity contribution < 1.29 is 0 Å².